The molecule has 0 aliphatic carbocycles. The van der Waals surface area contributed by atoms with Crippen molar-refractivity contribution in [1.82, 2.24) is 14.8 Å². The highest BCUT2D eigenvalue weighted by molar-refractivity contribution is 6.30. The smallest absolute Gasteiger partial charge is 0.255 e. The van der Waals surface area contributed by atoms with Crippen LogP contribution in [0, 0.1) is 6.92 Å². The van der Waals surface area contributed by atoms with Gasteiger partial charge in [0.2, 0.25) is 5.95 Å². The number of allylic oxidation sites excluding steroid dienone is 1. The van der Waals surface area contributed by atoms with Crippen molar-refractivity contribution in [2.24, 2.45) is 0 Å². The molecule has 1 aliphatic rings. The largest absolute Gasteiger partial charge is 0.489 e. The number of amides is 1. The molecule has 5 rings (SSSR count). The van der Waals surface area contributed by atoms with Crippen LogP contribution in [0.4, 0.5) is 11.6 Å². The Bertz CT molecular complexity index is 1410. The predicted octanol–water partition coefficient (Wildman–Crippen LogP) is 5.75. The summed E-state index contributed by atoms with van der Waals surface area (Å²) in [5.41, 5.74) is 4.89. The Hall–Kier alpha value is -4.10. The Balaban J connectivity index is 1.46. The summed E-state index contributed by atoms with van der Waals surface area (Å²) in [6.07, 6.45) is 1.48. The lowest BCUT2D eigenvalue weighted by atomic mass is 9.94. The first-order chi connectivity index (χ1) is 17.0. The van der Waals surface area contributed by atoms with E-state index in [9.17, 15) is 4.79 Å². The third-order valence-corrected chi connectivity index (χ3v) is 6.18. The molecule has 3 aromatic carbocycles. The topological polar surface area (TPSA) is 81.1 Å². The van der Waals surface area contributed by atoms with Gasteiger partial charge in [-0.2, -0.15) is 10.1 Å². The van der Waals surface area contributed by atoms with Crippen molar-refractivity contribution < 1.29 is 9.53 Å². The summed E-state index contributed by atoms with van der Waals surface area (Å²) in [7, 11) is 0. The lowest BCUT2D eigenvalue weighted by Gasteiger charge is -2.29. The molecule has 0 unspecified atom stereocenters. The Morgan fingerprint density at radius 3 is 2.69 bits per heavy atom. The fraction of sp³-hybridized carbons (Fsp3) is 0.148. The number of carbonyl (C=O) groups is 1. The van der Waals surface area contributed by atoms with E-state index in [2.05, 4.69) is 20.7 Å². The van der Waals surface area contributed by atoms with Gasteiger partial charge in [0.15, 0.2) is 0 Å². The molecule has 2 heterocycles. The fourth-order valence-electron chi connectivity index (χ4n) is 4.12. The predicted molar refractivity (Wildman–Crippen MR) is 137 cm³/mol. The highest BCUT2D eigenvalue weighted by atomic mass is 35.5. The van der Waals surface area contributed by atoms with Gasteiger partial charge in [-0.1, -0.05) is 54.1 Å². The number of carbonyl (C=O) groups excluding carboxylic acids is 1. The van der Waals surface area contributed by atoms with Crippen LogP contribution < -0.4 is 15.4 Å². The number of nitrogens with zero attached hydrogens (tertiary/aromatic N) is 3. The van der Waals surface area contributed by atoms with Crippen LogP contribution in [-0.2, 0) is 11.4 Å². The molecular weight excluding hydrogens is 462 g/mol. The van der Waals surface area contributed by atoms with Crippen molar-refractivity contribution in [3.8, 4) is 5.75 Å². The summed E-state index contributed by atoms with van der Waals surface area (Å²) in [4.78, 5) is 17.9. The molecule has 0 radical (unpaired) electrons. The van der Waals surface area contributed by atoms with Gasteiger partial charge in [-0.05, 0) is 60.9 Å². The Labute approximate surface area is 208 Å². The molecule has 35 heavy (non-hydrogen) atoms. The number of ether oxygens (including phenoxy) is 1. The molecule has 0 fully saturated rings. The number of nitrogens with one attached hydrogen (secondary N) is 2. The average Bonchev–Trinajstić information content (AvgIpc) is 3.32. The molecule has 4 aromatic rings. The van der Waals surface area contributed by atoms with Crippen molar-refractivity contribution in [2.45, 2.75) is 26.5 Å². The van der Waals surface area contributed by atoms with Gasteiger partial charge in [-0.3, -0.25) is 4.79 Å². The van der Waals surface area contributed by atoms with Crippen LogP contribution in [0.2, 0.25) is 5.02 Å². The minimum Gasteiger partial charge on any atom is -0.489 e. The van der Waals surface area contributed by atoms with E-state index in [4.69, 9.17) is 16.3 Å². The molecule has 176 valence electrons. The number of hydrogen-bond donors (Lipinski definition) is 2. The fourth-order valence-corrected chi connectivity index (χ4v) is 4.24. The standard InChI is InChI=1S/C27H24ClN5O2/c1-17-6-3-4-9-23(17)32-26(34)24-18(2)31-27-29-16-30-33(27)25(24)20-7-5-8-22(14-20)35-15-19-10-12-21(28)13-11-19/h3-14,16,25H,15H2,1-2H3,(H,32,34)(H,29,30,31)/t25-/m0/s1. The average molecular weight is 486 g/mol. The van der Waals surface area contributed by atoms with E-state index < -0.39 is 6.04 Å². The molecule has 0 bridgehead atoms. The Morgan fingerprint density at radius 2 is 1.89 bits per heavy atom. The molecule has 1 atom stereocenters. The summed E-state index contributed by atoms with van der Waals surface area (Å²) in [5, 5.41) is 11.4. The van der Waals surface area contributed by atoms with Crippen molar-refractivity contribution in [3.63, 3.8) is 0 Å². The number of fused-ring (bicyclic) bond motifs is 1. The maximum absolute atomic E-state index is 13.6. The quantitative estimate of drug-likeness (QED) is 0.363. The number of aryl methyl sites for hydroxylation is 1. The van der Waals surface area contributed by atoms with Gasteiger partial charge in [-0.15, -0.1) is 0 Å². The monoisotopic (exact) mass is 485 g/mol. The maximum atomic E-state index is 13.6. The van der Waals surface area contributed by atoms with Gasteiger partial charge < -0.3 is 15.4 Å². The van der Waals surface area contributed by atoms with Crippen LogP contribution in [-0.4, -0.2) is 20.7 Å². The zero-order valence-corrected chi connectivity index (χ0v) is 20.1. The van der Waals surface area contributed by atoms with E-state index >= 15 is 0 Å². The van der Waals surface area contributed by atoms with Crippen molar-refractivity contribution in [1.29, 1.82) is 0 Å². The van der Waals surface area contributed by atoms with E-state index in [1.165, 1.54) is 6.33 Å². The normalized spacial score (nSPS) is 14.8. The molecule has 2 N–H and O–H groups in total. The Morgan fingerprint density at radius 1 is 1.09 bits per heavy atom. The van der Waals surface area contributed by atoms with E-state index in [-0.39, 0.29) is 5.91 Å². The molecule has 1 aliphatic heterocycles. The van der Waals surface area contributed by atoms with Gasteiger partial charge >= 0.3 is 0 Å². The number of halogens is 1. The van der Waals surface area contributed by atoms with Gasteiger partial charge in [0, 0.05) is 16.4 Å². The minimum absolute atomic E-state index is 0.206. The first kappa shape index (κ1) is 22.7. The summed E-state index contributed by atoms with van der Waals surface area (Å²) in [5.74, 6) is 1.06. The molecule has 0 saturated carbocycles. The number of para-hydroxylation sites is 1. The second-order valence-corrected chi connectivity index (χ2v) is 8.79. The molecule has 7 nitrogen and oxygen atoms in total. The first-order valence-electron chi connectivity index (χ1n) is 11.2. The maximum Gasteiger partial charge on any atom is 0.255 e. The first-order valence-corrected chi connectivity index (χ1v) is 11.6. The summed E-state index contributed by atoms with van der Waals surface area (Å²) < 4.78 is 7.77. The third-order valence-electron chi connectivity index (χ3n) is 5.92. The van der Waals surface area contributed by atoms with Gasteiger partial charge in [-0.25, -0.2) is 4.68 Å². The van der Waals surface area contributed by atoms with E-state index in [0.29, 0.717) is 34.6 Å². The molecule has 1 amide bonds. The lowest BCUT2D eigenvalue weighted by Crippen LogP contribution is -2.31. The molecule has 0 spiro atoms. The highest BCUT2D eigenvalue weighted by Gasteiger charge is 2.33. The number of anilines is 2. The van der Waals surface area contributed by atoms with Crippen molar-refractivity contribution >= 4 is 29.1 Å². The van der Waals surface area contributed by atoms with Crippen molar-refractivity contribution in [2.75, 3.05) is 10.6 Å². The number of benzene rings is 3. The highest BCUT2D eigenvalue weighted by Crippen LogP contribution is 2.36. The number of hydrogen-bond acceptors (Lipinski definition) is 5. The van der Waals surface area contributed by atoms with Gasteiger partial charge in [0.25, 0.3) is 5.91 Å². The SMILES string of the molecule is CC1=C(C(=O)Nc2ccccc2C)[C@H](c2cccc(OCc3ccc(Cl)cc3)c2)n2ncnc2N1. The minimum atomic E-state index is -0.475. The lowest BCUT2D eigenvalue weighted by molar-refractivity contribution is -0.113. The number of aromatic nitrogens is 3. The van der Waals surface area contributed by atoms with Crippen molar-refractivity contribution in [3.05, 3.63) is 112 Å². The van der Waals surface area contributed by atoms with E-state index in [1.807, 2.05) is 86.6 Å². The molecule has 8 heteroatoms. The van der Waals surface area contributed by atoms with E-state index in [0.717, 1.165) is 22.4 Å². The van der Waals surface area contributed by atoms with Gasteiger partial charge in [0.05, 0.1) is 5.57 Å². The summed E-state index contributed by atoms with van der Waals surface area (Å²) in [6.45, 7) is 4.24. The zero-order chi connectivity index (χ0) is 24.4. The molecule has 1 aromatic heterocycles. The summed E-state index contributed by atoms with van der Waals surface area (Å²) in [6, 6.07) is 22.5. The van der Waals surface area contributed by atoms with Crippen LogP contribution in [0.5, 0.6) is 5.75 Å². The second kappa shape index (κ2) is 9.64. The molecule has 0 saturated heterocycles. The van der Waals surface area contributed by atoms with Crippen LogP contribution >= 0.6 is 11.6 Å². The van der Waals surface area contributed by atoms with E-state index in [1.54, 1.807) is 4.68 Å². The van der Waals surface area contributed by atoms with Crippen LogP contribution in [0.1, 0.15) is 29.7 Å². The van der Waals surface area contributed by atoms with Crippen LogP contribution in [0.3, 0.4) is 0 Å². The Kier molecular flexibility index (Phi) is 6.25. The summed E-state index contributed by atoms with van der Waals surface area (Å²) >= 11 is 5.98. The molecular formula is C27H24ClN5O2. The number of rotatable bonds is 6. The zero-order valence-electron chi connectivity index (χ0n) is 19.3. The van der Waals surface area contributed by atoms with Crippen LogP contribution in [0.15, 0.2) is 90.4 Å². The second-order valence-electron chi connectivity index (χ2n) is 8.35. The van der Waals surface area contributed by atoms with Gasteiger partial charge in [0.1, 0.15) is 24.7 Å². The van der Waals surface area contributed by atoms with Crippen LogP contribution in [0.25, 0.3) is 0 Å². The third kappa shape index (κ3) is 4.76.